The summed E-state index contributed by atoms with van der Waals surface area (Å²) in [5.41, 5.74) is 7.01. The SMILES string of the molecule is CC#CCCC(N)c1cccnc1. The van der Waals surface area contributed by atoms with Gasteiger partial charge in [-0.2, -0.15) is 0 Å². The predicted molar refractivity (Wildman–Crippen MR) is 53.8 cm³/mol. The summed E-state index contributed by atoms with van der Waals surface area (Å²) in [5, 5.41) is 0. The Morgan fingerprint density at radius 3 is 3.08 bits per heavy atom. The molecule has 1 unspecified atom stereocenters. The second-order valence-electron chi connectivity index (χ2n) is 2.86. The highest BCUT2D eigenvalue weighted by atomic mass is 14.7. The molecule has 0 amide bonds. The largest absolute Gasteiger partial charge is 0.324 e. The van der Waals surface area contributed by atoms with Gasteiger partial charge in [-0.3, -0.25) is 4.98 Å². The first-order valence-corrected chi connectivity index (χ1v) is 4.39. The number of hydrogen-bond donors (Lipinski definition) is 1. The summed E-state index contributed by atoms with van der Waals surface area (Å²) in [6.45, 7) is 1.84. The van der Waals surface area contributed by atoms with Gasteiger partial charge in [-0.05, 0) is 25.0 Å². The van der Waals surface area contributed by atoms with Crippen molar-refractivity contribution in [1.29, 1.82) is 0 Å². The van der Waals surface area contributed by atoms with E-state index < -0.39 is 0 Å². The molecule has 1 heterocycles. The van der Waals surface area contributed by atoms with Crippen molar-refractivity contribution in [1.82, 2.24) is 4.98 Å². The van der Waals surface area contributed by atoms with Gasteiger partial charge < -0.3 is 5.73 Å². The highest BCUT2D eigenvalue weighted by molar-refractivity contribution is 5.13. The van der Waals surface area contributed by atoms with Crippen LogP contribution in [-0.2, 0) is 0 Å². The molecule has 0 aliphatic heterocycles. The molecule has 0 saturated carbocycles. The van der Waals surface area contributed by atoms with E-state index in [0.29, 0.717) is 0 Å². The van der Waals surface area contributed by atoms with Gasteiger partial charge in [0.25, 0.3) is 0 Å². The molecule has 2 N–H and O–H groups in total. The van der Waals surface area contributed by atoms with Crippen molar-refractivity contribution in [2.75, 3.05) is 0 Å². The van der Waals surface area contributed by atoms with E-state index in [1.807, 2.05) is 25.3 Å². The molecule has 0 spiro atoms. The summed E-state index contributed by atoms with van der Waals surface area (Å²) >= 11 is 0. The standard InChI is InChI=1S/C11H14N2/c1-2-3-4-7-11(12)10-6-5-8-13-9-10/h5-6,8-9,11H,4,7,12H2,1H3. The van der Waals surface area contributed by atoms with Gasteiger partial charge in [0.2, 0.25) is 0 Å². The molecule has 0 radical (unpaired) electrons. The molecule has 0 aromatic carbocycles. The normalized spacial score (nSPS) is 11.5. The minimum atomic E-state index is 0.0644. The Kier molecular flexibility index (Phi) is 4.01. The highest BCUT2D eigenvalue weighted by Gasteiger charge is 2.03. The summed E-state index contributed by atoms with van der Waals surface area (Å²) < 4.78 is 0. The summed E-state index contributed by atoms with van der Waals surface area (Å²) in [6, 6.07) is 3.96. The van der Waals surface area contributed by atoms with E-state index in [1.54, 1.807) is 6.20 Å². The van der Waals surface area contributed by atoms with Gasteiger partial charge >= 0.3 is 0 Å². The molecule has 0 fully saturated rings. The van der Waals surface area contributed by atoms with Crippen LogP contribution < -0.4 is 5.73 Å². The van der Waals surface area contributed by atoms with Crippen LogP contribution in [0.1, 0.15) is 31.4 Å². The molecule has 1 atom stereocenters. The molecule has 0 bridgehead atoms. The lowest BCUT2D eigenvalue weighted by Crippen LogP contribution is -2.09. The number of hydrogen-bond acceptors (Lipinski definition) is 2. The number of aromatic nitrogens is 1. The van der Waals surface area contributed by atoms with Crippen LogP contribution in [0.15, 0.2) is 24.5 Å². The molecule has 0 aliphatic rings. The highest BCUT2D eigenvalue weighted by Crippen LogP contribution is 2.13. The Morgan fingerprint density at radius 1 is 1.62 bits per heavy atom. The number of nitrogens with zero attached hydrogens (tertiary/aromatic N) is 1. The number of pyridine rings is 1. The van der Waals surface area contributed by atoms with Crippen molar-refractivity contribution in [3.05, 3.63) is 30.1 Å². The van der Waals surface area contributed by atoms with Gasteiger partial charge in [-0.25, -0.2) is 0 Å². The third-order valence-corrected chi connectivity index (χ3v) is 1.87. The van der Waals surface area contributed by atoms with Crippen molar-refractivity contribution in [3.63, 3.8) is 0 Å². The van der Waals surface area contributed by atoms with E-state index in [-0.39, 0.29) is 6.04 Å². The van der Waals surface area contributed by atoms with Crippen LogP contribution in [-0.4, -0.2) is 4.98 Å². The van der Waals surface area contributed by atoms with Gasteiger partial charge in [0, 0.05) is 24.9 Å². The fraction of sp³-hybridized carbons (Fsp3) is 0.364. The summed E-state index contributed by atoms with van der Waals surface area (Å²) in [7, 11) is 0. The molecule has 1 aromatic heterocycles. The lowest BCUT2D eigenvalue weighted by Gasteiger charge is -2.08. The Balaban J connectivity index is 2.47. The Hall–Kier alpha value is -1.33. The van der Waals surface area contributed by atoms with E-state index >= 15 is 0 Å². The zero-order valence-electron chi connectivity index (χ0n) is 7.83. The molecule has 13 heavy (non-hydrogen) atoms. The van der Waals surface area contributed by atoms with E-state index in [1.165, 1.54) is 0 Å². The van der Waals surface area contributed by atoms with E-state index in [4.69, 9.17) is 5.73 Å². The molecular weight excluding hydrogens is 160 g/mol. The van der Waals surface area contributed by atoms with Crippen molar-refractivity contribution in [2.24, 2.45) is 5.73 Å². The van der Waals surface area contributed by atoms with E-state index in [0.717, 1.165) is 18.4 Å². The van der Waals surface area contributed by atoms with Crippen LogP contribution in [0.2, 0.25) is 0 Å². The first-order valence-electron chi connectivity index (χ1n) is 4.39. The van der Waals surface area contributed by atoms with Gasteiger partial charge in [0.05, 0.1) is 0 Å². The Labute approximate surface area is 79.2 Å². The van der Waals surface area contributed by atoms with E-state index in [2.05, 4.69) is 16.8 Å². The molecule has 0 aliphatic carbocycles. The zero-order chi connectivity index (χ0) is 9.52. The summed E-state index contributed by atoms with van der Waals surface area (Å²) in [5.74, 6) is 5.85. The van der Waals surface area contributed by atoms with Gasteiger partial charge in [-0.15, -0.1) is 11.8 Å². The van der Waals surface area contributed by atoms with E-state index in [9.17, 15) is 0 Å². The molecule has 1 rings (SSSR count). The van der Waals surface area contributed by atoms with Crippen molar-refractivity contribution in [3.8, 4) is 11.8 Å². The maximum Gasteiger partial charge on any atom is 0.0319 e. The third-order valence-electron chi connectivity index (χ3n) is 1.87. The number of rotatable bonds is 3. The summed E-state index contributed by atoms with van der Waals surface area (Å²) in [4.78, 5) is 4.02. The average Bonchev–Trinajstić information content (AvgIpc) is 2.19. The predicted octanol–water partition coefficient (Wildman–Crippen LogP) is 1.88. The Morgan fingerprint density at radius 2 is 2.46 bits per heavy atom. The average molecular weight is 174 g/mol. The van der Waals surface area contributed by atoms with Gasteiger partial charge in [0.15, 0.2) is 0 Å². The van der Waals surface area contributed by atoms with Crippen LogP contribution in [0, 0.1) is 11.8 Å². The lowest BCUT2D eigenvalue weighted by molar-refractivity contribution is 0.665. The van der Waals surface area contributed by atoms with Crippen molar-refractivity contribution >= 4 is 0 Å². The maximum atomic E-state index is 5.93. The fourth-order valence-corrected chi connectivity index (χ4v) is 1.11. The molecular formula is C11H14N2. The van der Waals surface area contributed by atoms with Crippen molar-refractivity contribution < 1.29 is 0 Å². The van der Waals surface area contributed by atoms with Crippen LogP contribution in [0.4, 0.5) is 0 Å². The zero-order valence-corrected chi connectivity index (χ0v) is 7.83. The second-order valence-corrected chi connectivity index (χ2v) is 2.86. The van der Waals surface area contributed by atoms with Crippen LogP contribution >= 0.6 is 0 Å². The van der Waals surface area contributed by atoms with Gasteiger partial charge in [-0.1, -0.05) is 6.07 Å². The monoisotopic (exact) mass is 174 g/mol. The van der Waals surface area contributed by atoms with Crippen LogP contribution in [0.3, 0.4) is 0 Å². The lowest BCUT2D eigenvalue weighted by atomic mass is 10.1. The third kappa shape index (κ3) is 3.27. The molecule has 0 saturated heterocycles. The molecule has 2 nitrogen and oxygen atoms in total. The van der Waals surface area contributed by atoms with Crippen molar-refractivity contribution in [2.45, 2.75) is 25.8 Å². The Bertz CT molecular complexity index is 295. The fourth-order valence-electron chi connectivity index (χ4n) is 1.11. The molecule has 68 valence electrons. The topological polar surface area (TPSA) is 38.9 Å². The minimum Gasteiger partial charge on any atom is -0.324 e. The minimum absolute atomic E-state index is 0.0644. The first kappa shape index (κ1) is 9.76. The molecule has 1 aromatic rings. The second kappa shape index (κ2) is 5.34. The van der Waals surface area contributed by atoms with Crippen LogP contribution in [0.25, 0.3) is 0 Å². The smallest absolute Gasteiger partial charge is 0.0319 e. The molecule has 2 heteroatoms. The first-order chi connectivity index (χ1) is 6.34. The number of nitrogens with two attached hydrogens (primary N) is 1. The van der Waals surface area contributed by atoms with Crippen LogP contribution in [0.5, 0.6) is 0 Å². The quantitative estimate of drug-likeness (QED) is 0.711. The van der Waals surface area contributed by atoms with Gasteiger partial charge in [0.1, 0.15) is 0 Å². The summed E-state index contributed by atoms with van der Waals surface area (Å²) in [6.07, 6.45) is 5.31. The maximum absolute atomic E-state index is 5.93.